The van der Waals surface area contributed by atoms with E-state index in [9.17, 15) is 0 Å². The third-order valence-corrected chi connectivity index (χ3v) is 5.51. The lowest BCUT2D eigenvalue weighted by Crippen LogP contribution is -2.04. The fraction of sp³-hybridized carbons (Fsp3) is 0.148. The molecule has 5 rings (SSSR count). The third-order valence-electron chi connectivity index (χ3n) is 5.51. The molecular formula is C27H23FN2O3. The third kappa shape index (κ3) is 4.46. The number of pyridine rings is 1. The van der Waals surface area contributed by atoms with Gasteiger partial charge >= 0.3 is 0 Å². The number of nitrogens with two attached hydrogens (primary N) is 1. The summed E-state index contributed by atoms with van der Waals surface area (Å²) in [5.41, 5.74) is 9.96. The minimum absolute atomic E-state index is 0.290. The molecule has 1 aromatic heterocycles. The van der Waals surface area contributed by atoms with Crippen LogP contribution in [0.4, 0.5) is 10.1 Å². The summed E-state index contributed by atoms with van der Waals surface area (Å²) in [6.07, 6.45) is 0.566. The monoisotopic (exact) mass is 442 g/mol. The van der Waals surface area contributed by atoms with Gasteiger partial charge in [-0.25, -0.2) is 4.39 Å². The second-order valence-electron chi connectivity index (χ2n) is 7.78. The molecule has 6 heteroatoms. The van der Waals surface area contributed by atoms with Crippen molar-refractivity contribution in [3.8, 4) is 28.6 Å². The number of hydrogen-bond acceptors (Lipinski definition) is 5. The van der Waals surface area contributed by atoms with Gasteiger partial charge in [0.1, 0.15) is 24.8 Å². The molecule has 33 heavy (non-hydrogen) atoms. The van der Waals surface area contributed by atoms with Gasteiger partial charge in [-0.2, -0.15) is 4.98 Å². The van der Waals surface area contributed by atoms with Gasteiger partial charge in [-0.1, -0.05) is 60.7 Å². The highest BCUT2D eigenvalue weighted by atomic mass is 19.1. The van der Waals surface area contributed by atoms with Crippen LogP contribution in [0.15, 0.2) is 78.9 Å². The van der Waals surface area contributed by atoms with Crippen LogP contribution < -0.4 is 19.9 Å². The van der Waals surface area contributed by atoms with Gasteiger partial charge in [0.2, 0.25) is 11.8 Å². The van der Waals surface area contributed by atoms with Gasteiger partial charge in [0, 0.05) is 35.2 Å². The van der Waals surface area contributed by atoms with E-state index in [1.165, 1.54) is 6.07 Å². The topological polar surface area (TPSA) is 66.6 Å². The van der Waals surface area contributed by atoms with Gasteiger partial charge in [-0.05, 0) is 17.2 Å². The Morgan fingerprint density at radius 3 is 2.24 bits per heavy atom. The number of anilines is 1. The average molecular weight is 442 g/mol. The second-order valence-corrected chi connectivity index (χ2v) is 7.78. The molecule has 0 radical (unpaired) electrons. The summed E-state index contributed by atoms with van der Waals surface area (Å²) in [4.78, 5) is 4.59. The molecule has 1 aliphatic heterocycles. The Balaban J connectivity index is 1.51. The summed E-state index contributed by atoms with van der Waals surface area (Å²) in [6, 6.07) is 24.4. The zero-order valence-electron chi connectivity index (χ0n) is 18.0. The Hall–Kier alpha value is -4.06. The van der Waals surface area contributed by atoms with Crippen molar-refractivity contribution in [2.75, 3.05) is 12.3 Å². The number of nitrogens with zero attached hydrogens (tertiary/aromatic N) is 1. The minimum Gasteiger partial charge on any atom is -0.491 e. The molecule has 0 bridgehead atoms. The first-order valence-corrected chi connectivity index (χ1v) is 10.8. The van der Waals surface area contributed by atoms with E-state index in [4.69, 9.17) is 19.9 Å². The predicted octanol–water partition coefficient (Wildman–Crippen LogP) is 5.56. The molecule has 2 heterocycles. The van der Waals surface area contributed by atoms with Crippen LogP contribution in [0.2, 0.25) is 0 Å². The summed E-state index contributed by atoms with van der Waals surface area (Å²) in [7, 11) is 0. The van der Waals surface area contributed by atoms with E-state index in [1.807, 2.05) is 60.7 Å². The molecule has 4 aromatic rings. The van der Waals surface area contributed by atoms with Crippen LogP contribution in [0, 0.1) is 5.82 Å². The number of halogens is 1. The average Bonchev–Trinajstić information content (AvgIpc) is 3.34. The molecule has 0 amide bonds. The van der Waals surface area contributed by atoms with Crippen LogP contribution >= 0.6 is 0 Å². The van der Waals surface area contributed by atoms with Crippen molar-refractivity contribution < 1.29 is 18.6 Å². The molecular weight excluding hydrogens is 419 g/mol. The lowest BCUT2D eigenvalue weighted by Gasteiger charge is -2.16. The summed E-state index contributed by atoms with van der Waals surface area (Å²) in [5.74, 6) is 0.794. The Morgan fingerprint density at radius 1 is 0.879 bits per heavy atom. The number of hydrogen-bond donors (Lipinski definition) is 1. The maximum absolute atomic E-state index is 15.2. The SMILES string of the molecule is Nc1cc(F)c(-c2ccc(OCc3ccccc3)nc2OCc2ccccc2)c2c1OCC2. The molecule has 0 saturated carbocycles. The van der Waals surface area contributed by atoms with Crippen molar-refractivity contribution in [2.24, 2.45) is 0 Å². The number of rotatable bonds is 7. The molecule has 0 atom stereocenters. The number of aromatic nitrogens is 1. The largest absolute Gasteiger partial charge is 0.491 e. The molecule has 0 fully saturated rings. The minimum atomic E-state index is -0.430. The van der Waals surface area contributed by atoms with E-state index in [-0.39, 0.29) is 6.61 Å². The van der Waals surface area contributed by atoms with Crippen molar-refractivity contribution >= 4 is 5.69 Å². The van der Waals surface area contributed by atoms with Crippen molar-refractivity contribution in [1.82, 2.24) is 4.98 Å². The highest BCUT2D eigenvalue weighted by Crippen LogP contribution is 2.44. The summed E-state index contributed by atoms with van der Waals surface area (Å²) in [6.45, 7) is 1.12. The zero-order chi connectivity index (χ0) is 22.6. The maximum atomic E-state index is 15.2. The van der Waals surface area contributed by atoms with Crippen LogP contribution in [0.1, 0.15) is 16.7 Å². The number of fused-ring (bicyclic) bond motifs is 1. The first-order chi connectivity index (χ1) is 16.2. The molecule has 3 aromatic carbocycles. The Labute approximate surface area is 191 Å². The molecule has 166 valence electrons. The highest BCUT2D eigenvalue weighted by molar-refractivity contribution is 5.79. The van der Waals surface area contributed by atoms with E-state index in [0.29, 0.717) is 54.0 Å². The zero-order valence-corrected chi connectivity index (χ0v) is 18.0. The summed E-state index contributed by atoms with van der Waals surface area (Å²) < 4.78 is 32.8. The van der Waals surface area contributed by atoms with Gasteiger partial charge in [-0.15, -0.1) is 0 Å². The first-order valence-electron chi connectivity index (χ1n) is 10.8. The van der Waals surface area contributed by atoms with Crippen LogP contribution in [-0.4, -0.2) is 11.6 Å². The van der Waals surface area contributed by atoms with E-state index in [1.54, 1.807) is 12.1 Å². The maximum Gasteiger partial charge on any atom is 0.225 e. The summed E-state index contributed by atoms with van der Waals surface area (Å²) >= 11 is 0. The quantitative estimate of drug-likeness (QED) is 0.380. The van der Waals surface area contributed by atoms with Crippen LogP contribution in [0.25, 0.3) is 11.1 Å². The highest BCUT2D eigenvalue weighted by Gasteiger charge is 2.26. The normalized spacial score (nSPS) is 12.2. The number of nitrogen functional groups attached to an aromatic ring is 1. The smallest absolute Gasteiger partial charge is 0.225 e. The molecule has 0 aliphatic carbocycles. The fourth-order valence-corrected chi connectivity index (χ4v) is 3.92. The molecule has 0 unspecified atom stereocenters. The van der Waals surface area contributed by atoms with Crippen LogP contribution in [0.5, 0.6) is 17.5 Å². The van der Waals surface area contributed by atoms with E-state index in [0.717, 1.165) is 16.7 Å². The summed E-state index contributed by atoms with van der Waals surface area (Å²) in [5, 5.41) is 0. The second kappa shape index (κ2) is 9.20. The van der Waals surface area contributed by atoms with E-state index < -0.39 is 5.82 Å². The Bertz CT molecular complexity index is 1260. The molecule has 0 spiro atoms. The Morgan fingerprint density at radius 2 is 1.55 bits per heavy atom. The first kappa shape index (κ1) is 20.8. The molecule has 0 saturated heterocycles. The lowest BCUT2D eigenvalue weighted by molar-refractivity contribution is 0.268. The molecule has 1 aliphatic rings. The number of benzene rings is 3. The van der Waals surface area contributed by atoms with Crippen molar-refractivity contribution in [3.63, 3.8) is 0 Å². The standard InChI is InChI=1S/C27H23FN2O3/c28-22-15-23(29)26-20(13-14-31-26)25(22)21-11-12-24(32-16-18-7-3-1-4-8-18)30-27(21)33-17-19-9-5-2-6-10-19/h1-12,15H,13-14,16-17,29H2. The lowest BCUT2D eigenvalue weighted by atomic mass is 9.97. The van der Waals surface area contributed by atoms with Gasteiger partial charge in [0.25, 0.3) is 0 Å². The molecule has 5 nitrogen and oxygen atoms in total. The van der Waals surface area contributed by atoms with Gasteiger partial charge in [-0.3, -0.25) is 0 Å². The van der Waals surface area contributed by atoms with E-state index >= 15 is 4.39 Å². The van der Waals surface area contributed by atoms with Gasteiger partial charge in [0.15, 0.2) is 0 Å². The van der Waals surface area contributed by atoms with Crippen LogP contribution in [-0.2, 0) is 19.6 Å². The van der Waals surface area contributed by atoms with E-state index in [2.05, 4.69) is 4.98 Å². The predicted molar refractivity (Wildman–Crippen MR) is 125 cm³/mol. The Kier molecular flexibility index (Phi) is 5.81. The van der Waals surface area contributed by atoms with Crippen molar-refractivity contribution in [3.05, 3.63) is 101 Å². The van der Waals surface area contributed by atoms with Gasteiger partial charge < -0.3 is 19.9 Å². The van der Waals surface area contributed by atoms with Gasteiger partial charge in [0.05, 0.1) is 12.3 Å². The fourth-order valence-electron chi connectivity index (χ4n) is 3.92. The molecule has 2 N–H and O–H groups in total. The van der Waals surface area contributed by atoms with Crippen LogP contribution in [0.3, 0.4) is 0 Å². The van der Waals surface area contributed by atoms with Crippen molar-refractivity contribution in [2.45, 2.75) is 19.6 Å². The number of ether oxygens (including phenoxy) is 3. The van der Waals surface area contributed by atoms with Crippen molar-refractivity contribution in [1.29, 1.82) is 0 Å².